The largest absolute Gasteiger partial charge is 0.456 e. The highest BCUT2D eigenvalue weighted by Crippen LogP contribution is 2.39. The van der Waals surface area contributed by atoms with Gasteiger partial charge in [-0.25, -0.2) is 15.0 Å². The number of rotatable bonds is 7. The van der Waals surface area contributed by atoms with Crippen molar-refractivity contribution >= 4 is 32.7 Å². The summed E-state index contributed by atoms with van der Waals surface area (Å²) in [6.07, 6.45) is 0. The summed E-state index contributed by atoms with van der Waals surface area (Å²) in [6.45, 7) is 0. The molecule has 0 amide bonds. The molecule has 11 aromatic rings. The van der Waals surface area contributed by atoms with Crippen molar-refractivity contribution in [1.82, 2.24) is 15.0 Å². The van der Waals surface area contributed by atoms with E-state index in [1.165, 1.54) is 27.5 Å². The van der Waals surface area contributed by atoms with Gasteiger partial charge in [-0.05, 0) is 79.5 Å². The van der Waals surface area contributed by atoms with E-state index in [0.29, 0.717) is 17.5 Å². The van der Waals surface area contributed by atoms with E-state index in [2.05, 4.69) is 194 Å². The Kier molecular flexibility index (Phi) is 8.45. The van der Waals surface area contributed by atoms with Crippen LogP contribution in [0.15, 0.2) is 217 Å². The summed E-state index contributed by atoms with van der Waals surface area (Å²) in [7, 11) is 0. The predicted octanol–water partition coefficient (Wildman–Crippen LogP) is 14.6. The first-order chi connectivity index (χ1) is 29.2. The van der Waals surface area contributed by atoms with Crippen LogP contribution in [-0.2, 0) is 0 Å². The van der Waals surface area contributed by atoms with Crippen molar-refractivity contribution < 1.29 is 4.42 Å². The highest BCUT2D eigenvalue weighted by Gasteiger charge is 2.17. The summed E-state index contributed by atoms with van der Waals surface area (Å²) in [5, 5.41) is 4.58. The molecule has 0 bridgehead atoms. The third-order valence-corrected chi connectivity index (χ3v) is 11.2. The van der Waals surface area contributed by atoms with Gasteiger partial charge in [-0.15, -0.1) is 0 Å². The van der Waals surface area contributed by atoms with Crippen LogP contribution >= 0.6 is 0 Å². The Bertz CT molecular complexity index is 3290. The van der Waals surface area contributed by atoms with Crippen molar-refractivity contribution in [2.24, 2.45) is 0 Å². The van der Waals surface area contributed by atoms with Crippen LogP contribution in [0, 0.1) is 0 Å². The third-order valence-electron chi connectivity index (χ3n) is 11.2. The van der Waals surface area contributed by atoms with Gasteiger partial charge in [-0.3, -0.25) is 0 Å². The van der Waals surface area contributed by atoms with E-state index in [-0.39, 0.29) is 0 Å². The van der Waals surface area contributed by atoms with Gasteiger partial charge in [0, 0.05) is 27.5 Å². The van der Waals surface area contributed by atoms with Crippen molar-refractivity contribution in [3.8, 4) is 78.7 Å². The van der Waals surface area contributed by atoms with E-state index in [9.17, 15) is 0 Å². The maximum Gasteiger partial charge on any atom is 0.164 e. The maximum atomic E-state index is 6.52. The number of hydrogen-bond donors (Lipinski definition) is 0. The van der Waals surface area contributed by atoms with Crippen molar-refractivity contribution in [3.63, 3.8) is 0 Å². The van der Waals surface area contributed by atoms with Crippen molar-refractivity contribution in [2.45, 2.75) is 0 Å². The zero-order chi connectivity index (χ0) is 39.1. The number of benzene rings is 9. The van der Waals surface area contributed by atoms with Gasteiger partial charge < -0.3 is 4.42 Å². The van der Waals surface area contributed by atoms with Crippen molar-refractivity contribution in [3.05, 3.63) is 212 Å². The minimum Gasteiger partial charge on any atom is -0.456 e. The summed E-state index contributed by atoms with van der Waals surface area (Å²) in [5.74, 6) is 1.77. The van der Waals surface area contributed by atoms with Crippen LogP contribution in [0.4, 0.5) is 0 Å². The molecule has 4 nitrogen and oxygen atoms in total. The topological polar surface area (TPSA) is 51.8 Å². The molecule has 276 valence electrons. The number of hydrogen-bond acceptors (Lipinski definition) is 4. The first kappa shape index (κ1) is 34.3. The van der Waals surface area contributed by atoms with E-state index in [4.69, 9.17) is 19.4 Å². The lowest BCUT2D eigenvalue weighted by Gasteiger charge is -2.11. The second-order valence-electron chi connectivity index (χ2n) is 14.8. The molecule has 59 heavy (non-hydrogen) atoms. The SMILES string of the molecule is c1ccc(-c2ccc(-c3cccc(-c4nc(-c5ccc(-c6cccc7ccccc67)cc5)nc(-c5ccc6c(c5)oc5cccc(-c7ccccc7)c56)n4)c3)cc2)cc1. The zero-order valence-electron chi connectivity index (χ0n) is 32.0. The highest BCUT2D eigenvalue weighted by atomic mass is 16.3. The molecule has 0 radical (unpaired) electrons. The van der Waals surface area contributed by atoms with Gasteiger partial charge in [0.25, 0.3) is 0 Å². The second kappa shape index (κ2) is 14.5. The number of furan rings is 1. The molecule has 0 saturated carbocycles. The Morgan fingerprint density at radius 3 is 1.51 bits per heavy atom. The molecule has 0 aliphatic rings. The van der Waals surface area contributed by atoms with Crippen LogP contribution in [0.1, 0.15) is 0 Å². The molecule has 0 aliphatic heterocycles. The van der Waals surface area contributed by atoms with Crippen LogP contribution in [0.2, 0.25) is 0 Å². The fourth-order valence-electron chi connectivity index (χ4n) is 8.19. The standard InChI is InChI=1S/C55H35N3O/c1-3-12-36(13-4-1)37-24-26-38(27-25-37)43-18-9-19-44(34-43)54-56-53(42-30-28-41(29-31-42)47-21-10-17-39-16-7-8-20-46(39)47)57-55(58-54)45-32-33-49-51(35-45)59-50-23-11-22-48(52(49)50)40-14-5-2-6-15-40/h1-35H. The summed E-state index contributed by atoms with van der Waals surface area (Å²) in [6, 6.07) is 74.1. The zero-order valence-corrected chi connectivity index (χ0v) is 32.0. The minimum absolute atomic E-state index is 0.575. The summed E-state index contributed by atoms with van der Waals surface area (Å²) >= 11 is 0. The molecule has 0 saturated heterocycles. The van der Waals surface area contributed by atoms with Crippen molar-refractivity contribution in [1.29, 1.82) is 0 Å². The monoisotopic (exact) mass is 753 g/mol. The van der Waals surface area contributed by atoms with Gasteiger partial charge in [0.15, 0.2) is 17.5 Å². The fraction of sp³-hybridized carbons (Fsp3) is 0. The lowest BCUT2D eigenvalue weighted by atomic mass is 9.97. The Balaban J connectivity index is 1.02. The normalized spacial score (nSPS) is 11.4. The molecular formula is C55H35N3O. The number of aromatic nitrogens is 3. The molecule has 0 fully saturated rings. The summed E-state index contributed by atoms with van der Waals surface area (Å²) < 4.78 is 6.52. The van der Waals surface area contributed by atoms with Gasteiger partial charge in [0.2, 0.25) is 0 Å². The van der Waals surface area contributed by atoms with Crippen molar-refractivity contribution in [2.75, 3.05) is 0 Å². The lowest BCUT2D eigenvalue weighted by molar-refractivity contribution is 0.669. The molecule has 0 atom stereocenters. The van der Waals surface area contributed by atoms with Crippen LogP contribution in [0.3, 0.4) is 0 Å². The Labute approximate surface area is 341 Å². The molecule has 2 heterocycles. The van der Waals surface area contributed by atoms with Gasteiger partial charge >= 0.3 is 0 Å². The van der Waals surface area contributed by atoms with Gasteiger partial charge in [-0.1, -0.05) is 188 Å². The van der Waals surface area contributed by atoms with Gasteiger partial charge in [0.05, 0.1) is 0 Å². The molecule has 0 aliphatic carbocycles. The summed E-state index contributed by atoms with van der Waals surface area (Å²) in [4.78, 5) is 15.4. The van der Waals surface area contributed by atoms with E-state index >= 15 is 0 Å². The van der Waals surface area contributed by atoms with E-state index < -0.39 is 0 Å². The van der Waals surface area contributed by atoms with Gasteiger partial charge in [0.1, 0.15) is 11.2 Å². The van der Waals surface area contributed by atoms with Crippen LogP contribution in [0.25, 0.3) is 111 Å². The first-order valence-corrected chi connectivity index (χ1v) is 19.8. The third kappa shape index (κ3) is 6.43. The minimum atomic E-state index is 0.575. The quantitative estimate of drug-likeness (QED) is 0.163. The average molecular weight is 754 g/mol. The average Bonchev–Trinajstić information content (AvgIpc) is 3.70. The summed E-state index contributed by atoms with van der Waals surface area (Å²) in [5.41, 5.74) is 13.5. The second-order valence-corrected chi connectivity index (χ2v) is 14.8. The van der Waals surface area contributed by atoms with E-state index in [1.807, 2.05) is 18.2 Å². The van der Waals surface area contributed by atoms with E-state index in [1.54, 1.807) is 0 Å². The van der Waals surface area contributed by atoms with Crippen LogP contribution < -0.4 is 0 Å². The first-order valence-electron chi connectivity index (χ1n) is 19.8. The fourth-order valence-corrected chi connectivity index (χ4v) is 8.19. The number of fused-ring (bicyclic) bond motifs is 4. The Hall–Kier alpha value is -7.95. The maximum absolute atomic E-state index is 6.52. The van der Waals surface area contributed by atoms with Gasteiger partial charge in [-0.2, -0.15) is 0 Å². The van der Waals surface area contributed by atoms with Crippen LogP contribution in [-0.4, -0.2) is 15.0 Å². The Morgan fingerprint density at radius 1 is 0.271 bits per heavy atom. The molecule has 0 spiro atoms. The number of nitrogens with zero attached hydrogens (tertiary/aromatic N) is 3. The molecular weight excluding hydrogens is 719 g/mol. The molecule has 11 rings (SSSR count). The molecule has 4 heteroatoms. The Morgan fingerprint density at radius 2 is 0.746 bits per heavy atom. The van der Waals surface area contributed by atoms with Crippen LogP contribution in [0.5, 0.6) is 0 Å². The molecule has 2 aromatic heterocycles. The molecule has 0 unspecified atom stereocenters. The molecule has 9 aromatic carbocycles. The highest BCUT2D eigenvalue weighted by molar-refractivity contribution is 6.13. The van der Waals surface area contributed by atoms with E-state index in [0.717, 1.165) is 66.4 Å². The predicted molar refractivity (Wildman–Crippen MR) is 243 cm³/mol. The smallest absolute Gasteiger partial charge is 0.164 e. The molecule has 0 N–H and O–H groups in total. The lowest BCUT2D eigenvalue weighted by Crippen LogP contribution is -2.00.